The van der Waals surface area contributed by atoms with Crippen LogP contribution in [0.25, 0.3) is 0 Å². The Morgan fingerprint density at radius 1 is 1.06 bits per heavy atom. The topological polar surface area (TPSA) is 124 Å². The average Bonchev–Trinajstić information content (AvgIpc) is 2.53. The highest BCUT2D eigenvalue weighted by molar-refractivity contribution is 6.23. The van der Waals surface area contributed by atoms with E-state index in [2.05, 4.69) is 0 Å². The smallest absolute Gasteiger partial charge is 0.277 e. The van der Waals surface area contributed by atoms with Crippen LogP contribution in [-0.4, -0.2) is 33.6 Å². The zero-order valence-corrected chi connectivity index (χ0v) is 8.95. The van der Waals surface area contributed by atoms with Crippen molar-refractivity contribution in [3.63, 3.8) is 0 Å². The number of nitro benzene ring substituents is 2. The Kier molecular flexibility index (Phi) is 2.32. The Balaban J connectivity index is 2.85. The van der Waals surface area contributed by atoms with Crippen molar-refractivity contribution in [1.82, 2.24) is 4.90 Å². The Morgan fingerprint density at radius 2 is 1.67 bits per heavy atom. The molecule has 18 heavy (non-hydrogen) atoms. The molecule has 0 N–H and O–H groups in total. The first kappa shape index (κ1) is 11.6. The molecule has 0 saturated heterocycles. The van der Waals surface area contributed by atoms with Crippen LogP contribution in [-0.2, 0) is 0 Å². The molecule has 0 atom stereocenters. The van der Waals surface area contributed by atoms with Gasteiger partial charge in [-0.15, -0.1) is 0 Å². The molecule has 2 rings (SSSR count). The fourth-order valence-corrected chi connectivity index (χ4v) is 1.75. The molecule has 0 saturated carbocycles. The summed E-state index contributed by atoms with van der Waals surface area (Å²) in [5.74, 6) is -1.63. The van der Waals surface area contributed by atoms with E-state index in [0.717, 1.165) is 19.2 Å². The number of carbonyl (C=O) groups excluding carboxylic acids is 2. The van der Waals surface area contributed by atoms with E-state index in [9.17, 15) is 29.8 Å². The third-order valence-electron chi connectivity index (χ3n) is 2.59. The van der Waals surface area contributed by atoms with Crippen LogP contribution in [0.4, 0.5) is 11.4 Å². The largest absolute Gasteiger partial charge is 0.359 e. The maximum absolute atomic E-state index is 11.7. The molecule has 0 fully saturated rings. The minimum absolute atomic E-state index is 0.195. The Bertz CT molecular complexity index is 623. The van der Waals surface area contributed by atoms with Crippen molar-refractivity contribution in [2.75, 3.05) is 7.05 Å². The Morgan fingerprint density at radius 3 is 2.17 bits per heavy atom. The molecule has 1 aliphatic heterocycles. The van der Waals surface area contributed by atoms with Gasteiger partial charge in [-0.2, -0.15) is 0 Å². The second-order valence-electron chi connectivity index (χ2n) is 3.54. The van der Waals surface area contributed by atoms with Gasteiger partial charge in [0.1, 0.15) is 5.56 Å². The van der Waals surface area contributed by atoms with Gasteiger partial charge in [0.25, 0.3) is 11.8 Å². The van der Waals surface area contributed by atoms with Gasteiger partial charge in [-0.1, -0.05) is 0 Å². The van der Waals surface area contributed by atoms with Gasteiger partial charge in [0, 0.05) is 13.1 Å². The maximum Gasteiger partial charge on any atom is 0.359 e. The number of hydrogen-bond acceptors (Lipinski definition) is 6. The fourth-order valence-electron chi connectivity index (χ4n) is 1.75. The molecule has 1 aromatic rings. The van der Waals surface area contributed by atoms with E-state index >= 15 is 0 Å². The van der Waals surface area contributed by atoms with Crippen LogP contribution in [0.15, 0.2) is 12.1 Å². The van der Waals surface area contributed by atoms with Crippen LogP contribution in [0.1, 0.15) is 20.7 Å². The first-order valence-corrected chi connectivity index (χ1v) is 4.64. The summed E-state index contributed by atoms with van der Waals surface area (Å²) in [6.45, 7) is 0. The van der Waals surface area contributed by atoms with Gasteiger partial charge >= 0.3 is 11.4 Å². The molecule has 92 valence electrons. The zero-order valence-electron chi connectivity index (χ0n) is 8.95. The first-order chi connectivity index (χ1) is 8.36. The van der Waals surface area contributed by atoms with Crippen molar-refractivity contribution in [3.8, 4) is 0 Å². The number of rotatable bonds is 2. The molecule has 0 bridgehead atoms. The summed E-state index contributed by atoms with van der Waals surface area (Å²) >= 11 is 0. The molecule has 1 heterocycles. The highest BCUT2D eigenvalue weighted by atomic mass is 16.6. The van der Waals surface area contributed by atoms with Gasteiger partial charge in [0.15, 0.2) is 0 Å². The summed E-state index contributed by atoms with van der Waals surface area (Å²) in [4.78, 5) is 43.5. The average molecular weight is 251 g/mol. The minimum Gasteiger partial charge on any atom is -0.277 e. The van der Waals surface area contributed by atoms with Crippen molar-refractivity contribution in [2.45, 2.75) is 0 Å². The highest BCUT2D eigenvalue weighted by Gasteiger charge is 2.43. The van der Waals surface area contributed by atoms with Gasteiger partial charge in [-0.25, -0.2) is 0 Å². The molecule has 9 nitrogen and oxygen atoms in total. The van der Waals surface area contributed by atoms with Gasteiger partial charge < -0.3 is 0 Å². The van der Waals surface area contributed by atoms with E-state index in [1.807, 2.05) is 0 Å². The standard InChI is InChI=1S/C9H5N3O6/c1-10-8(13)4-2-3-5(11(15)16)7(12(17)18)6(4)9(10)14/h2-3H,1H3. The quantitative estimate of drug-likeness (QED) is 0.433. The van der Waals surface area contributed by atoms with E-state index in [0.29, 0.717) is 4.90 Å². The van der Waals surface area contributed by atoms with Gasteiger partial charge in [-0.05, 0) is 6.07 Å². The summed E-state index contributed by atoms with van der Waals surface area (Å²) in [5.41, 5.74) is -2.48. The predicted octanol–water partition coefficient (Wildman–Crippen LogP) is 0.729. The molecule has 0 radical (unpaired) electrons. The van der Waals surface area contributed by atoms with E-state index in [4.69, 9.17) is 0 Å². The number of carbonyl (C=O) groups is 2. The number of fused-ring (bicyclic) bond motifs is 1. The Hall–Kier alpha value is -2.84. The summed E-state index contributed by atoms with van der Waals surface area (Å²) < 4.78 is 0. The van der Waals surface area contributed by atoms with Crippen molar-refractivity contribution >= 4 is 23.2 Å². The first-order valence-electron chi connectivity index (χ1n) is 4.64. The third kappa shape index (κ3) is 1.34. The van der Waals surface area contributed by atoms with E-state index in [-0.39, 0.29) is 5.56 Å². The molecular formula is C9H5N3O6. The lowest BCUT2D eigenvalue weighted by molar-refractivity contribution is -0.422. The van der Waals surface area contributed by atoms with Crippen LogP contribution in [0.5, 0.6) is 0 Å². The lowest BCUT2D eigenvalue weighted by atomic mass is 10.1. The van der Waals surface area contributed by atoms with E-state index < -0.39 is 38.6 Å². The van der Waals surface area contributed by atoms with Crippen molar-refractivity contribution in [3.05, 3.63) is 43.5 Å². The SMILES string of the molecule is CN1C(=O)c2ccc([N+](=O)[O-])c([N+](=O)[O-])c2C1=O. The van der Waals surface area contributed by atoms with Crippen molar-refractivity contribution < 1.29 is 19.4 Å². The number of benzene rings is 1. The van der Waals surface area contributed by atoms with Crippen LogP contribution in [0.3, 0.4) is 0 Å². The summed E-state index contributed by atoms with van der Waals surface area (Å²) in [6.07, 6.45) is 0. The van der Waals surface area contributed by atoms with Gasteiger partial charge in [0.2, 0.25) is 0 Å². The van der Waals surface area contributed by atoms with Crippen molar-refractivity contribution in [1.29, 1.82) is 0 Å². The van der Waals surface area contributed by atoms with Crippen LogP contribution in [0, 0.1) is 20.2 Å². The van der Waals surface area contributed by atoms with Gasteiger partial charge in [-0.3, -0.25) is 34.7 Å². The summed E-state index contributed by atoms with van der Waals surface area (Å²) in [6, 6.07) is 1.89. The predicted molar refractivity (Wildman–Crippen MR) is 56.2 cm³/mol. The molecule has 2 amide bonds. The molecule has 1 aromatic carbocycles. The van der Waals surface area contributed by atoms with Crippen molar-refractivity contribution in [2.24, 2.45) is 0 Å². The molecule has 0 unspecified atom stereocenters. The van der Waals surface area contributed by atoms with Gasteiger partial charge in [0.05, 0.1) is 15.4 Å². The molecular weight excluding hydrogens is 246 g/mol. The zero-order chi connectivity index (χ0) is 13.6. The second kappa shape index (κ2) is 3.58. The van der Waals surface area contributed by atoms with Crippen LogP contribution >= 0.6 is 0 Å². The lowest BCUT2D eigenvalue weighted by Gasteiger charge is -2.02. The van der Waals surface area contributed by atoms with E-state index in [1.54, 1.807) is 0 Å². The van der Waals surface area contributed by atoms with Crippen LogP contribution in [0.2, 0.25) is 0 Å². The molecule has 1 aliphatic rings. The molecule has 9 heteroatoms. The van der Waals surface area contributed by atoms with E-state index in [1.165, 1.54) is 0 Å². The number of amides is 2. The lowest BCUT2D eigenvalue weighted by Crippen LogP contribution is -2.24. The summed E-state index contributed by atoms with van der Waals surface area (Å²) in [5, 5.41) is 21.6. The number of nitrogens with zero attached hydrogens (tertiary/aromatic N) is 3. The summed E-state index contributed by atoms with van der Waals surface area (Å²) in [7, 11) is 1.15. The number of hydrogen-bond donors (Lipinski definition) is 0. The molecule has 0 spiro atoms. The normalized spacial score (nSPS) is 13.7. The Labute approximate surface area is 98.9 Å². The fraction of sp³-hybridized carbons (Fsp3) is 0.111. The second-order valence-corrected chi connectivity index (χ2v) is 3.54. The maximum atomic E-state index is 11.7. The number of nitro groups is 2. The molecule has 0 aromatic heterocycles. The molecule has 0 aliphatic carbocycles. The monoisotopic (exact) mass is 251 g/mol. The third-order valence-corrected chi connectivity index (χ3v) is 2.59. The van der Waals surface area contributed by atoms with Crippen LogP contribution < -0.4 is 0 Å². The minimum atomic E-state index is -1.03. The highest BCUT2D eigenvalue weighted by Crippen LogP contribution is 2.37. The number of imide groups is 1.